The van der Waals surface area contributed by atoms with E-state index in [0.717, 1.165) is 4.47 Å². The van der Waals surface area contributed by atoms with Crippen molar-refractivity contribution in [2.45, 2.75) is 19.4 Å². The molecular weight excluding hydrogens is 265 g/mol. The summed E-state index contributed by atoms with van der Waals surface area (Å²) in [4.78, 5) is 0. The van der Waals surface area contributed by atoms with Crippen LogP contribution in [0.3, 0.4) is 0 Å². The summed E-state index contributed by atoms with van der Waals surface area (Å²) in [7, 11) is 0. The quantitative estimate of drug-likeness (QED) is 0.921. The van der Waals surface area contributed by atoms with Gasteiger partial charge < -0.3 is 10.5 Å². The number of hydrogen-bond acceptors (Lipinski definition) is 2. The van der Waals surface area contributed by atoms with Crippen molar-refractivity contribution in [3.8, 4) is 5.75 Å². The van der Waals surface area contributed by atoms with E-state index in [9.17, 15) is 0 Å². The van der Waals surface area contributed by atoms with Gasteiger partial charge in [-0.1, -0.05) is 27.5 Å². The molecule has 0 bridgehead atoms. The lowest BCUT2D eigenvalue weighted by atomic mass is 10.1. The Morgan fingerprint density at radius 2 is 2.14 bits per heavy atom. The molecule has 0 radical (unpaired) electrons. The van der Waals surface area contributed by atoms with E-state index in [-0.39, 0.29) is 0 Å². The van der Waals surface area contributed by atoms with E-state index in [1.807, 2.05) is 26.0 Å². The van der Waals surface area contributed by atoms with E-state index >= 15 is 0 Å². The fourth-order valence-corrected chi connectivity index (χ4v) is 1.61. The lowest BCUT2D eigenvalue weighted by molar-refractivity contribution is 0.119. The minimum absolute atomic E-state index is 0.391. The Morgan fingerprint density at radius 3 is 2.64 bits per heavy atom. The normalized spacial score (nSPS) is 11.5. The zero-order chi connectivity index (χ0) is 10.8. The molecular formula is C10H13BrClNO. The van der Waals surface area contributed by atoms with Crippen LogP contribution >= 0.6 is 27.5 Å². The van der Waals surface area contributed by atoms with Gasteiger partial charge in [0.15, 0.2) is 0 Å². The van der Waals surface area contributed by atoms with Crippen molar-refractivity contribution in [2.24, 2.45) is 5.73 Å². The maximum absolute atomic E-state index is 6.00. The number of rotatable bonds is 3. The average molecular weight is 279 g/mol. The first-order valence-electron chi connectivity index (χ1n) is 4.29. The lowest BCUT2D eigenvalue weighted by Crippen LogP contribution is -2.37. The summed E-state index contributed by atoms with van der Waals surface area (Å²) in [6.07, 6.45) is 0. The standard InChI is InChI=1S/C10H13BrClNO/c1-10(2,6-13)14-9-4-3-7(11)5-8(9)12/h3-5H,6,13H2,1-2H3. The minimum Gasteiger partial charge on any atom is -0.485 e. The second-order valence-corrected chi connectivity index (χ2v) is 4.96. The molecule has 0 aromatic heterocycles. The molecule has 0 amide bonds. The number of benzene rings is 1. The summed E-state index contributed by atoms with van der Waals surface area (Å²) >= 11 is 9.33. The predicted molar refractivity (Wildman–Crippen MR) is 62.9 cm³/mol. The van der Waals surface area contributed by atoms with Crippen LogP contribution in [0.1, 0.15) is 13.8 Å². The van der Waals surface area contributed by atoms with Crippen LogP contribution in [-0.4, -0.2) is 12.1 Å². The number of hydrogen-bond donors (Lipinski definition) is 1. The van der Waals surface area contributed by atoms with Gasteiger partial charge in [0.05, 0.1) is 5.02 Å². The third-order valence-electron chi connectivity index (χ3n) is 1.77. The van der Waals surface area contributed by atoms with Crippen molar-refractivity contribution < 1.29 is 4.74 Å². The smallest absolute Gasteiger partial charge is 0.138 e. The highest BCUT2D eigenvalue weighted by Gasteiger charge is 2.18. The Bertz CT molecular complexity index is 328. The molecule has 0 saturated heterocycles. The molecule has 0 aliphatic rings. The number of halogens is 2. The molecule has 1 aromatic carbocycles. The van der Waals surface area contributed by atoms with Crippen molar-refractivity contribution >= 4 is 27.5 Å². The molecule has 0 atom stereocenters. The van der Waals surface area contributed by atoms with Crippen molar-refractivity contribution in [2.75, 3.05) is 6.54 Å². The van der Waals surface area contributed by atoms with Gasteiger partial charge in [0.1, 0.15) is 11.4 Å². The first-order chi connectivity index (χ1) is 6.44. The van der Waals surface area contributed by atoms with Crippen molar-refractivity contribution in [1.82, 2.24) is 0 Å². The Kier molecular flexibility index (Phi) is 3.81. The summed E-state index contributed by atoms with van der Waals surface area (Å²) in [6, 6.07) is 5.50. The van der Waals surface area contributed by atoms with Gasteiger partial charge >= 0.3 is 0 Å². The van der Waals surface area contributed by atoms with Crippen LogP contribution in [0.25, 0.3) is 0 Å². The Labute approximate surface area is 97.5 Å². The van der Waals surface area contributed by atoms with Gasteiger partial charge in [0.25, 0.3) is 0 Å². The fraction of sp³-hybridized carbons (Fsp3) is 0.400. The number of ether oxygens (including phenoxy) is 1. The molecule has 78 valence electrons. The SMILES string of the molecule is CC(C)(CN)Oc1ccc(Br)cc1Cl. The molecule has 0 aliphatic heterocycles. The molecule has 4 heteroatoms. The highest BCUT2D eigenvalue weighted by Crippen LogP contribution is 2.30. The topological polar surface area (TPSA) is 35.2 Å². The van der Waals surface area contributed by atoms with E-state index in [2.05, 4.69) is 15.9 Å². The molecule has 0 aliphatic carbocycles. The second-order valence-electron chi connectivity index (χ2n) is 3.64. The van der Waals surface area contributed by atoms with Gasteiger partial charge in [0.2, 0.25) is 0 Å². The molecule has 2 nitrogen and oxygen atoms in total. The van der Waals surface area contributed by atoms with Crippen LogP contribution in [0.2, 0.25) is 5.02 Å². The van der Waals surface area contributed by atoms with E-state index in [1.165, 1.54) is 0 Å². The highest BCUT2D eigenvalue weighted by atomic mass is 79.9. The molecule has 0 unspecified atom stereocenters. The summed E-state index contributed by atoms with van der Waals surface area (Å²) in [5.74, 6) is 0.658. The van der Waals surface area contributed by atoms with Crippen LogP contribution in [0.4, 0.5) is 0 Å². The Hall–Kier alpha value is -0.250. The molecule has 0 fully saturated rings. The maximum atomic E-state index is 6.00. The van der Waals surface area contributed by atoms with Gasteiger partial charge in [-0.2, -0.15) is 0 Å². The Balaban J connectivity index is 2.87. The van der Waals surface area contributed by atoms with E-state index in [1.54, 1.807) is 6.07 Å². The van der Waals surface area contributed by atoms with Crippen molar-refractivity contribution in [3.63, 3.8) is 0 Å². The Morgan fingerprint density at radius 1 is 1.50 bits per heavy atom. The first-order valence-corrected chi connectivity index (χ1v) is 5.46. The van der Waals surface area contributed by atoms with Gasteiger partial charge in [-0.3, -0.25) is 0 Å². The van der Waals surface area contributed by atoms with Crippen LogP contribution in [0, 0.1) is 0 Å². The summed E-state index contributed by atoms with van der Waals surface area (Å²) in [5, 5.41) is 0.584. The molecule has 1 rings (SSSR count). The van der Waals surface area contributed by atoms with Gasteiger partial charge in [0, 0.05) is 11.0 Å². The fourth-order valence-electron chi connectivity index (χ4n) is 0.897. The van der Waals surface area contributed by atoms with Crippen molar-refractivity contribution in [3.05, 3.63) is 27.7 Å². The largest absolute Gasteiger partial charge is 0.485 e. The summed E-state index contributed by atoms with van der Waals surface area (Å²) in [6.45, 7) is 4.29. The molecule has 2 N–H and O–H groups in total. The number of nitrogens with two attached hydrogens (primary N) is 1. The van der Waals surface area contributed by atoms with Crippen LogP contribution in [0.15, 0.2) is 22.7 Å². The first kappa shape index (κ1) is 11.8. The van der Waals surface area contributed by atoms with Crippen LogP contribution in [0.5, 0.6) is 5.75 Å². The predicted octanol–water partition coefficient (Wildman–Crippen LogP) is 3.22. The van der Waals surface area contributed by atoms with Gasteiger partial charge in [-0.05, 0) is 32.0 Å². The summed E-state index contributed by atoms with van der Waals surface area (Å²) in [5.41, 5.74) is 5.17. The molecule has 0 spiro atoms. The molecule has 0 heterocycles. The van der Waals surface area contributed by atoms with E-state index in [0.29, 0.717) is 17.3 Å². The lowest BCUT2D eigenvalue weighted by Gasteiger charge is -2.25. The van der Waals surface area contributed by atoms with Crippen molar-refractivity contribution in [1.29, 1.82) is 0 Å². The third kappa shape index (κ3) is 3.15. The third-order valence-corrected chi connectivity index (χ3v) is 2.56. The van der Waals surface area contributed by atoms with E-state index in [4.69, 9.17) is 22.1 Å². The second kappa shape index (κ2) is 4.51. The summed E-state index contributed by atoms with van der Waals surface area (Å²) < 4.78 is 6.59. The zero-order valence-corrected chi connectivity index (χ0v) is 10.5. The molecule has 0 saturated carbocycles. The monoisotopic (exact) mass is 277 g/mol. The van der Waals surface area contributed by atoms with Gasteiger partial charge in [-0.25, -0.2) is 0 Å². The van der Waals surface area contributed by atoms with Gasteiger partial charge in [-0.15, -0.1) is 0 Å². The maximum Gasteiger partial charge on any atom is 0.138 e. The molecule has 1 aromatic rings. The minimum atomic E-state index is -0.391. The molecule has 14 heavy (non-hydrogen) atoms. The highest BCUT2D eigenvalue weighted by molar-refractivity contribution is 9.10. The average Bonchev–Trinajstić information content (AvgIpc) is 2.10. The van der Waals surface area contributed by atoms with Crippen LogP contribution < -0.4 is 10.5 Å². The van der Waals surface area contributed by atoms with Crippen LogP contribution in [-0.2, 0) is 0 Å². The zero-order valence-electron chi connectivity index (χ0n) is 8.18. The van der Waals surface area contributed by atoms with E-state index < -0.39 is 5.60 Å².